The molecule has 4 N–H and O–H groups in total. The second kappa shape index (κ2) is 7.27. The molecule has 0 unspecified atom stereocenters. The van der Waals surface area contributed by atoms with Gasteiger partial charge in [0, 0.05) is 16.9 Å². The molecule has 0 aliphatic carbocycles. The number of azo groups is 1. The van der Waals surface area contributed by atoms with Gasteiger partial charge in [-0.05, 0) is 72.8 Å². The molecule has 124 valence electrons. The molecule has 0 bridgehead atoms. The Bertz CT molecular complexity index is 886. The summed E-state index contributed by atoms with van der Waals surface area (Å²) in [5, 5.41) is 20.2. The van der Waals surface area contributed by atoms with E-state index in [2.05, 4.69) is 15.5 Å². The second-order valence-electron chi connectivity index (χ2n) is 5.34. The van der Waals surface area contributed by atoms with Crippen LogP contribution in [0.1, 0.15) is 10.4 Å². The molecule has 0 aliphatic rings. The molecule has 3 aromatic rings. The predicted molar refractivity (Wildman–Crippen MR) is 97.5 cm³/mol. The Morgan fingerprint density at radius 3 is 1.88 bits per heavy atom. The lowest BCUT2D eigenvalue weighted by molar-refractivity contribution is 0.102. The number of nitrogens with one attached hydrogen (secondary N) is 1. The number of phenols is 1. The van der Waals surface area contributed by atoms with Crippen molar-refractivity contribution in [2.45, 2.75) is 0 Å². The lowest BCUT2D eigenvalue weighted by Crippen LogP contribution is -2.11. The van der Waals surface area contributed by atoms with Gasteiger partial charge in [0.15, 0.2) is 0 Å². The van der Waals surface area contributed by atoms with Crippen LogP contribution < -0.4 is 11.1 Å². The van der Waals surface area contributed by atoms with E-state index in [1.807, 2.05) is 0 Å². The molecule has 6 heteroatoms. The number of nitrogens with zero attached hydrogens (tertiary/aromatic N) is 2. The molecule has 0 aromatic heterocycles. The van der Waals surface area contributed by atoms with E-state index < -0.39 is 0 Å². The molecule has 3 aromatic carbocycles. The molecule has 0 atom stereocenters. The molecule has 1 amide bonds. The number of nitrogens with two attached hydrogens (primary N) is 1. The Morgan fingerprint density at radius 1 is 0.800 bits per heavy atom. The first-order valence-electron chi connectivity index (χ1n) is 7.58. The first-order chi connectivity index (χ1) is 12.1. The lowest BCUT2D eigenvalue weighted by Gasteiger charge is -2.05. The topological polar surface area (TPSA) is 100 Å². The third-order valence-corrected chi connectivity index (χ3v) is 3.43. The number of amides is 1. The second-order valence-corrected chi connectivity index (χ2v) is 5.34. The molecule has 25 heavy (non-hydrogen) atoms. The van der Waals surface area contributed by atoms with Crippen molar-refractivity contribution in [3.8, 4) is 5.75 Å². The number of aromatic hydroxyl groups is 1. The van der Waals surface area contributed by atoms with Crippen LogP contribution in [0.5, 0.6) is 5.75 Å². The maximum Gasteiger partial charge on any atom is 0.255 e. The molecule has 6 nitrogen and oxygen atoms in total. The summed E-state index contributed by atoms with van der Waals surface area (Å²) in [5.41, 5.74) is 8.70. The average Bonchev–Trinajstić information content (AvgIpc) is 2.63. The molecule has 0 aliphatic heterocycles. The van der Waals surface area contributed by atoms with Gasteiger partial charge in [0.2, 0.25) is 0 Å². The molecular weight excluding hydrogens is 316 g/mol. The number of anilines is 2. The highest BCUT2D eigenvalue weighted by Crippen LogP contribution is 2.22. The largest absolute Gasteiger partial charge is 0.508 e. The number of phenolic OH excluding ortho intramolecular Hbond substituents is 1. The van der Waals surface area contributed by atoms with Crippen LogP contribution in [0, 0.1) is 0 Å². The summed E-state index contributed by atoms with van der Waals surface area (Å²) in [4.78, 5) is 12.1. The Hall–Kier alpha value is -3.67. The average molecular weight is 332 g/mol. The van der Waals surface area contributed by atoms with Crippen molar-refractivity contribution in [2.24, 2.45) is 10.2 Å². The SMILES string of the molecule is Nc1ccc(C(=O)Nc2ccc(N=Nc3ccc(O)cc3)cc2)cc1. The molecule has 0 saturated carbocycles. The quantitative estimate of drug-likeness (QED) is 0.479. The van der Waals surface area contributed by atoms with E-state index in [1.165, 1.54) is 0 Å². The van der Waals surface area contributed by atoms with E-state index in [1.54, 1.807) is 72.8 Å². The van der Waals surface area contributed by atoms with Gasteiger partial charge in [-0.2, -0.15) is 10.2 Å². The zero-order valence-electron chi connectivity index (χ0n) is 13.3. The van der Waals surface area contributed by atoms with Crippen molar-refractivity contribution in [1.82, 2.24) is 0 Å². The molecular formula is C19H16N4O2. The Labute approximate surface area is 144 Å². The Kier molecular flexibility index (Phi) is 4.71. The normalized spacial score (nSPS) is 10.7. The Balaban J connectivity index is 1.64. The molecule has 0 fully saturated rings. The number of carbonyl (C=O) groups is 1. The number of hydrogen-bond acceptors (Lipinski definition) is 5. The maximum absolute atomic E-state index is 12.1. The van der Waals surface area contributed by atoms with E-state index >= 15 is 0 Å². The minimum absolute atomic E-state index is 0.181. The zero-order chi connectivity index (χ0) is 17.6. The summed E-state index contributed by atoms with van der Waals surface area (Å²) in [6.45, 7) is 0. The molecule has 0 saturated heterocycles. The summed E-state index contributed by atoms with van der Waals surface area (Å²) in [6.07, 6.45) is 0. The number of nitrogen functional groups attached to an aromatic ring is 1. The van der Waals surface area contributed by atoms with Crippen LogP contribution in [-0.2, 0) is 0 Å². The number of hydrogen-bond donors (Lipinski definition) is 3. The summed E-state index contributed by atoms with van der Waals surface area (Å²) in [5.74, 6) is -0.0291. The molecule has 0 radical (unpaired) electrons. The van der Waals surface area contributed by atoms with E-state index in [0.29, 0.717) is 28.3 Å². The fraction of sp³-hybridized carbons (Fsp3) is 0. The van der Waals surface area contributed by atoms with Gasteiger partial charge in [0.25, 0.3) is 5.91 Å². The fourth-order valence-corrected chi connectivity index (χ4v) is 2.08. The third kappa shape index (κ3) is 4.42. The van der Waals surface area contributed by atoms with Crippen LogP contribution in [-0.4, -0.2) is 11.0 Å². The zero-order valence-corrected chi connectivity index (χ0v) is 13.3. The summed E-state index contributed by atoms with van der Waals surface area (Å²) >= 11 is 0. The molecule has 3 rings (SSSR count). The van der Waals surface area contributed by atoms with E-state index in [9.17, 15) is 9.90 Å². The number of benzene rings is 3. The van der Waals surface area contributed by atoms with Crippen LogP contribution in [0.2, 0.25) is 0 Å². The number of rotatable bonds is 4. The van der Waals surface area contributed by atoms with Gasteiger partial charge in [0.1, 0.15) is 5.75 Å². The highest BCUT2D eigenvalue weighted by Gasteiger charge is 2.05. The van der Waals surface area contributed by atoms with Gasteiger partial charge < -0.3 is 16.2 Å². The predicted octanol–water partition coefficient (Wildman–Crippen LogP) is 4.64. The molecule has 0 heterocycles. The van der Waals surface area contributed by atoms with E-state index in [-0.39, 0.29) is 11.7 Å². The van der Waals surface area contributed by atoms with Crippen molar-refractivity contribution in [1.29, 1.82) is 0 Å². The van der Waals surface area contributed by atoms with Gasteiger partial charge in [-0.3, -0.25) is 4.79 Å². The van der Waals surface area contributed by atoms with Crippen LogP contribution in [0.3, 0.4) is 0 Å². The summed E-state index contributed by atoms with van der Waals surface area (Å²) in [6, 6.07) is 20.1. The highest BCUT2D eigenvalue weighted by molar-refractivity contribution is 6.04. The third-order valence-electron chi connectivity index (χ3n) is 3.43. The Morgan fingerprint density at radius 2 is 1.32 bits per heavy atom. The number of carbonyl (C=O) groups excluding carboxylic acids is 1. The van der Waals surface area contributed by atoms with Crippen molar-refractivity contribution in [3.63, 3.8) is 0 Å². The smallest absolute Gasteiger partial charge is 0.255 e. The van der Waals surface area contributed by atoms with Gasteiger partial charge in [-0.25, -0.2) is 0 Å². The van der Waals surface area contributed by atoms with Gasteiger partial charge in [-0.15, -0.1) is 0 Å². The summed E-state index contributed by atoms with van der Waals surface area (Å²) in [7, 11) is 0. The fourth-order valence-electron chi connectivity index (χ4n) is 2.08. The summed E-state index contributed by atoms with van der Waals surface area (Å²) < 4.78 is 0. The standard InChI is InChI=1S/C19H16N4O2/c20-14-3-1-13(2-4-14)19(25)21-15-5-7-16(8-6-15)22-23-17-9-11-18(24)12-10-17/h1-12,24H,20H2,(H,21,25). The van der Waals surface area contributed by atoms with Crippen molar-refractivity contribution in [3.05, 3.63) is 78.4 Å². The van der Waals surface area contributed by atoms with Crippen molar-refractivity contribution in [2.75, 3.05) is 11.1 Å². The monoisotopic (exact) mass is 332 g/mol. The first-order valence-corrected chi connectivity index (χ1v) is 7.58. The van der Waals surface area contributed by atoms with Crippen molar-refractivity contribution < 1.29 is 9.90 Å². The van der Waals surface area contributed by atoms with Gasteiger partial charge in [-0.1, -0.05) is 0 Å². The maximum atomic E-state index is 12.1. The van der Waals surface area contributed by atoms with Crippen LogP contribution in [0.25, 0.3) is 0 Å². The van der Waals surface area contributed by atoms with Crippen LogP contribution in [0.4, 0.5) is 22.7 Å². The van der Waals surface area contributed by atoms with E-state index in [4.69, 9.17) is 5.73 Å². The minimum Gasteiger partial charge on any atom is -0.508 e. The molecule has 0 spiro atoms. The first kappa shape index (κ1) is 16.2. The van der Waals surface area contributed by atoms with Crippen LogP contribution >= 0.6 is 0 Å². The minimum atomic E-state index is -0.210. The van der Waals surface area contributed by atoms with Crippen molar-refractivity contribution >= 4 is 28.7 Å². The van der Waals surface area contributed by atoms with Crippen LogP contribution in [0.15, 0.2) is 83.0 Å². The lowest BCUT2D eigenvalue weighted by atomic mass is 10.2. The van der Waals surface area contributed by atoms with E-state index in [0.717, 1.165) is 0 Å². The van der Waals surface area contributed by atoms with Gasteiger partial charge >= 0.3 is 0 Å². The highest BCUT2D eigenvalue weighted by atomic mass is 16.3. The van der Waals surface area contributed by atoms with Gasteiger partial charge in [0.05, 0.1) is 11.4 Å².